The number of piperidine rings is 1. The maximum Gasteiger partial charge on any atom is 0.411 e. The van der Waals surface area contributed by atoms with Crippen LogP contribution in [0.2, 0.25) is 0 Å². The maximum absolute atomic E-state index is 15.2. The molecule has 0 radical (unpaired) electrons. The molecule has 52 heavy (non-hydrogen) atoms. The SMILES string of the molecule is CCCC1CCN(N2CCN(C(=O)OC3(c4ccccc4OCC)C(=O)N(S(=O)(=O)c4ccc(OC)cc4OC)c4ccc(C#N)cc43)CC2)CC1. The van der Waals surface area contributed by atoms with E-state index in [9.17, 15) is 18.5 Å². The van der Waals surface area contributed by atoms with E-state index in [-0.39, 0.29) is 45.4 Å². The van der Waals surface area contributed by atoms with E-state index >= 15 is 4.79 Å². The Morgan fingerprint density at radius 1 is 0.885 bits per heavy atom. The van der Waals surface area contributed by atoms with Crippen molar-refractivity contribution in [2.24, 2.45) is 5.92 Å². The van der Waals surface area contributed by atoms with Crippen LogP contribution in [0.1, 0.15) is 56.2 Å². The normalized spacial score (nSPS) is 19.9. The topological polar surface area (TPSA) is 142 Å². The molecule has 13 nitrogen and oxygen atoms in total. The molecule has 3 aromatic rings. The summed E-state index contributed by atoms with van der Waals surface area (Å²) in [5.41, 5.74) is -2.13. The molecule has 1 atom stereocenters. The molecule has 6 rings (SSSR count). The van der Waals surface area contributed by atoms with Crippen LogP contribution in [0.5, 0.6) is 17.2 Å². The Balaban J connectivity index is 1.40. The minimum absolute atomic E-state index is 0.0155. The fraction of sp³-hybridized carbons (Fsp3) is 0.447. The number of hydrogen-bond donors (Lipinski definition) is 0. The molecule has 3 aliphatic heterocycles. The Hall–Kier alpha value is -4.84. The summed E-state index contributed by atoms with van der Waals surface area (Å²) < 4.78 is 52.9. The first-order chi connectivity index (χ1) is 25.1. The standard InChI is InChI=1S/C38H45N5O8S/c1-5-9-27-16-18-41(19-17-27)42-22-20-40(21-23-42)37(45)51-38(30-10-7-8-11-33(30)50-6-2)31-24-28(26-39)12-14-32(31)43(36(38)44)52(46,47)35-15-13-29(48-3)25-34(35)49-4/h7-8,10-15,24-25,27H,5-6,9,16-23H2,1-4H3. The molecule has 3 aliphatic rings. The van der Waals surface area contributed by atoms with E-state index in [1.165, 1.54) is 68.4 Å². The zero-order chi connectivity index (χ0) is 37.0. The minimum Gasteiger partial charge on any atom is -0.497 e. The van der Waals surface area contributed by atoms with Gasteiger partial charge < -0.3 is 23.8 Å². The van der Waals surface area contributed by atoms with Gasteiger partial charge in [0.15, 0.2) is 0 Å². The van der Waals surface area contributed by atoms with Crippen LogP contribution in [0.3, 0.4) is 0 Å². The first kappa shape index (κ1) is 36.9. The van der Waals surface area contributed by atoms with E-state index in [0.717, 1.165) is 31.8 Å². The number of amides is 2. The van der Waals surface area contributed by atoms with Gasteiger partial charge in [0.25, 0.3) is 15.9 Å². The predicted molar refractivity (Wildman–Crippen MR) is 193 cm³/mol. The number of anilines is 1. The summed E-state index contributed by atoms with van der Waals surface area (Å²) in [6.45, 7) is 7.98. The van der Waals surface area contributed by atoms with E-state index in [1.54, 1.807) is 31.2 Å². The number of rotatable bonds is 11. The lowest BCUT2D eigenvalue weighted by atomic mass is 9.85. The number of carbonyl (C=O) groups is 2. The van der Waals surface area contributed by atoms with Crippen molar-refractivity contribution in [1.82, 2.24) is 14.9 Å². The summed E-state index contributed by atoms with van der Waals surface area (Å²) >= 11 is 0. The largest absolute Gasteiger partial charge is 0.497 e. The zero-order valence-corrected chi connectivity index (χ0v) is 30.9. The number of methoxy groups -OCH3 is 2. The third-order valence-electron chi connectivity index (χ3n) is 10.1. The Morgan fingerprint density at radius 2 is 1.60 bits per heavy atom. The number of benzene rings is 3. The fourth-order valence-electron chi connectivity index (χ4n) is 7.47. The highest BCUT2D eigenvalue weighted by atomic mass is 32.2. The van der Waals surface area contributed by atoms with E-state index in [0.29, 0.717) is 36.2 Å². The number of hydrazine groups is 1. The van der Waals surface area contributed by atoms with Crippen LogP contribution in [0, 0.1) is 17.2 Å². The molecule has 0 saturated carbocycles. The smallest absolute Gasteiger partial charge is 0.411 e. The third kappa shape index (κ3) is 6.64. The Bertz CT molecular complexity index is 1950. The lowest BCUT2D eigenvalue weighted by Crippen LogP contribution is -2.57. The molecule has 0 spiro atoms. The first-order valence-electron chi connectivity index (χ1n) is 17.7. The average molecular weight is 732 g/mol. The third-order valence-corrected chi connectivity index (χ3v) is 11.8. The summed E-state index contributed by atoms with van der Waals surface area (Å²) in [6, 6.07) is 16.9. The fourth-order valence-corrected chi connectivity index (χ4v) is 9.06. The summed E-state index contributed by atoms with van der Waals surface area (Å²) in [5.74, 6) is 0.189. The van der Waals surface area contributed by atoms with Gasteiger partial charge in [-0.25, -0.2) is 23.2 Å². The highest BCUT2D eigenvalue weighted by Crippen LogP contribution is 2.52. The van der Waals surface area contributed by atoms with Gasteiger partial charge in [-0.05, 0) is 62.1 Å². The maximum atomic E-state index is 15.2. The van der Waals surface area contributed by atoms with E-state index < -0.39 is 27.6 Å². The number of hydrogen-bond acceptors (Lipinski definition) is 11. The number of nitrogens with zero attached hydrogens (tertiary/aromatic N) is 5. The highest BCUT2D eigenvalue weighted by molar-refractivity contribution is 7.93. The van der Waals surface area contributed by atoms with Gasteiger partial charge in [0.2, 0.25) is 5.60 Å². The Labute approximate surface area is 305 Å². The van der Waals surface area contributed by atoms with Crippen LogP contribution in [0.25, 0.3) is 0 Å². The van der Waals surface area contributed by atoms with Crippen molar-refractivity contribution in [3.8, 4) is 23.3 Å². The Kier molecular flexibility index (Phi) is 10.9. The summed E-state index contributed by atoms with van der Waals surface area (Å²) in [5, 5.41) is 14.6. The van der Waals surface area contributed by atoms with Crippen molar-refractivity contribution >= 4 is 27.7 Å². The van der Waals surface area contributed by atoms with Crippen molar-refractivity contribution in [3.05, 3.63) is 77.4 Å². The molecule has 2 saturated heterocycles. The molecule has 1 unspecified atom stereocenters. The average Bonchev–Trinajstić information content (AvgIpc) is 3.42. The summed E-state index contributed by atoms with van der Waals surface area (Å²) in [7, 11) is -1.97. The van der Waals surface area contributed by atoms with Crippen molar-refractivity contribution in [1.29, 1.82) is 5.26 Å². The minimum atomic E-state index is -4.72. The molecular formula is C38H45N5O8S. The number of fused-ring (bicyclic) bond motifs is 1. The molecule has 0 aromatic heterocycles. The van der Waals surface area contributed by atoms with Crippen LogP contribution < -0.4 is 18.5 Å². The van der Waals surface area contributed by atoms with Gasteiger partial charge >= 0.3 is 6.09 Å². The van der Waals surface area contributed by atoms with Crippen molar-refractivity contribution in [3.63, 3.8) is 0 Å². The van der Waals surface area contributed by atoms with Crippen LogP contribution in [-0.4, -0.2) is 95.4 Å². The molecule has 14 heteroatoms. The van der Waals surface area contributed by atoms with E-state index in [4.69, 9.17) is 18.9 Å². The van der Waals surface area contributed by atoms with Crippen LogP contribution in [0.15, 0.2) is 65.6 Å². The second-order valence-corrected chi connectivity index (χ2v) is 14.8. The molecule has 0 bridgehead atoms. The number of piperazine rings is 1. The highest BCUT2D eigenvalue weighted by Gasteiger charge is 2.61. The molecule has 2 amide bonds. The second kappa shape index (κ2) is 15.4. The van der Waals surface area contributed by atoms with Crippen molar-refractivity contribution < 1.29 is 37.0 Å². The second-order valence-electron chi connectivity index (χ2n) is 13.0. The Morgan fingerprint density at radius 3 is 2.25 bits per heavy atom. The predicted octanol–water partition coefficient (Wildman–Crippen LogP) is 5.13. The number of nitriles is 1. The van der Waals surface area contributed by atoms with Gasteiger partial charge in [-0.15, -0.1) is 0 Å². The van der Waals surface area contributed by atoms with Gasteiger partial charge in [0.05, 0.1) is 43.7 Å². The molecule has 276 valence electrons. The molecular weight excluding hydrogens is 687 g/mol. The number of ether oxygens (including phenoxy) is 4. The van der Waals surface area contributed by atoms with Gasteiger partial charge in [-0.1, -0.05) is 38.0 Å². The van der Waals surface area contributed by atoms with E-state index in [1.807, 2.05) is 0 Å². The zero-order valence-electron chi connectivity index (χ0n) is 30.0. The lowest BCUT2D eigenvalue weighted by molar-refractivity contribution is -0.133. The van der Waals surface area contributed by atoms with Crippen LogP contribution >= 0.6 is 0 Å². The van der Waals surface area contributed by atoms with E-state index in [2.05, 4.69) is 23.0 Å². The van der Waals surface area contributed by atoms with Crippen molar-refractivity contribution in [2.75, 3.05) is 64.4 Å². The lowest BCUT2D eigenvalue weighted by Gasteiger charge is -2.44. The molecule has 3 heterocycles. The molecule has 3 aromatic carbocycles. The van der Waals surface area contributed by atoms with Gasteiger partial charge in [0.1, 0.15) is 22.1 Å². The van der Waals surface area contributed by atoms with Gasteiger partial charge in [-0.3, -0.25) is 4.79 Å². The first-order valence-corrected chi connectivity index (χ1v) is 19.1. The molecule has 2 fully saturated rings. The molecule has 0 aliphatic carbocycles. The quantitative estimate of drug-likeness (QED) is 0.259. The van der Waals surface area contributed by atoms with Gasteiger partial charge in [0, 0.05) is 50.9 Å². The monoisotopic (exact) mass is 731 g/mol. The van der Waals surface area contributed by atoms with Crippen LogP contribution in [-0.2, 0) is 25.2 Å². The number of sulfonamides is 1. The molecule has 0 N–H and O–H groups in total. The van der Waals surface area contributed by atoms with Crippen LogP contribution in [0.4, 0.5) is 10.5 Å². The summed E-state index contributed by atoms with van der Waals surface area (Å²) in [4.78, 5) is 30.7. The summed E-state index contributed by atoms with van der Waals surface area (Å²) in [6.07, 6.45) is 3.92. The van der Waals surface area contributed by atoms with Crippen molar-refractivity contribution in [2.45, 2.75) is 50.0 Å². The van der Waals surface area contributed by atoms with Gasteiger partial charge in [-0.2, -0.15) is 9.57 Å². The number of carbonyl (C=O) groups excluding carboxylic acids is 2. The number of para-hydroxylation sites is 1.